The molecule has 0 heterocycles. The van der Waals surface area contributed by atoms with Crippen LogP contribution in [0, 0.1) is 5.92 Å². The van der Waals surface area contributed by atoms with Crippen molar-refractivity contribution in [3.8, 4) is 0 Å². The summed E-state index contributed by atoms with van der Waals surface area (Å²) in [6.07, 6.45) is 4.85. The van der Waals surface area contributed by atoms with Gasteiger partial charge in [0.1, 0.15) is 0 Å². The SMILES string of the molecule is CC(C)C(C)N(CC(=O)O)C1CCCC1. The molecule has 1 atom stereocenters. The van der Waals surface area contributed by atoms with Crippen LogP contribution in [0.5, 0.6) is 0 Å². The smallest absolute Gasteiger partial charge is 0.317 e. The summed E-state index contributed by atoms with van der Waals surface area (Å²) in [7, 11) is 0. The van der Waals surface area contributed by atoms with E-state index >= 15 is 0 Å². The quantitative estimate of drug-likeness (QED) is 0.762. The van der Waals surface area contributed by atoms with Crippen LogP contribution in [-0.2, 0) is 4.79 Å². The van der Waals surface area contributed by atoms with Crippen LogP contribution in [0.15, 0.2) is 0 Å². The Hall–Kier alpha value is -0.570. The molecule has 1 fully saturated rings. The maximum absolute atomic E-state index is 10.9. The summed E-state index contributed by atoms with van der Waals surface area (Å²) in [4.78, 5) is 13.0. The van der Waals surface area contributed by atoms with Crippen LogP contribution in [-0.4, -0.2) is 34.6 Å². The summed E-state index contributed by atoms with van der Waals surface area (Å²) in [5.74, 6) is -0.181. The lowest BCUT2D eigenvalue weighted by Crippen LogP contribution is -2.45. The number of rotatable bonds is 5. The monoisotopic (exact) mass is 213 g/mol. The van der Waals surface area contributed by atoms with E-state index in [2.05, 4.69) is 25.7 Å². The first-order valence-electron chi connectivity index (χ1n) is 6.00. The zero-order valence-electron chi connectivity index (χ0n) is 10.1. The zero-order valence-corrected chi connectivity index (χ0v) is 10.1. The molecule has 1 aliphatic carbocycles. The molecule has 0 aromatic rings. The molecule has 1 unspecified atom stereocenters. The van der Waals surface area contributed by atoms with Gasteiger partial charge in [-0.2, -0.15) is 0 Å². The Kier molecular flexibility index (Phi) is 4.58. The molecular formula is C12H23NO2. The van der Waals surface area contributed by atoms with Crippen molar-refractivity contribution in [2.24, 2.45) is 5.92 Å². The molecule has 0 bridgehead atoms. The maximum atomic E-state index is 10.9. The second-order valence-electron chi connectivity index (χ2n) is 4.99. The predicted octanol–water partition coefficient (Wildman–Crippen LogP) is 2.36. The Balaban J connectivity index is 2.62. The number of hydrogen-bond donors (Lipinski definition) is 1. The van der Waals surface area contributed by atoms with Gasteiger partial charge in [-0.05, 0) is 25.7 Å². The molecule has 88 valence electrons. The van der Waals surface area contributed by atoms with Gasteiger partial charge in [0, 0.05) is 12.1 Å². The molecule has 3 heteroatoms. The molecule has 1 N–H and O–H groups in total. The van der Waals surface area contributed by atoms with E-state index in [1.807, 2.05) is 0 Å². The fourth-order valence-corrected chi connectivity index (χ4v) is 2.38. The molecule has 0 aromatic carbocycles. The van der Waals surface area contributed by atoms with Crippen molar-refractivity contribution in [3.05, 3.63) is 0 Å². The highest BCUT2D eigenvalue weighted by atomic mass is 16.4. The third kappa shape index (κ3) is 3.49. The predicted molar refractivity (Wildman–Crippen MR) is 60.9 cm³/mol. The van der Waals surface area contributed by atoms with Crippen molar-refractivity contribution in [1.82, 2.24) is 4.90 Å². The van der Waals surface area contributed by atoms with Crippen molar-refractivity contribution < 1.29 is 9.90 Å². The third-order valence-corrected chi connectivity index (χ3v) is 3.60. The zero-order chi connectivity index (χ0) is 11.4. The number of carboxylic acids is 1. The summed E-state index contributed by atoms with van der Waals surface area (Å²) in [5.41, 5.74) is 0. The van der Waals surface area contributed by atoms with Crippen molar-refractivity contribution in [2.75, 3.05) is 6.54 Å². The number of carbonyl (C=O) groups is 1. The Morgan fingerprint density at radius 3 is 2.27 bits per heavy atom. The highest BCUT2D eigenvalue weighted by Gasteiger charge is 2.29. The third-order valence-electron chi connectivity index (χ3n) is 3.60. The molecule has 0 aromatic heterocycles. The molecule has 0 spiro atoms. The second kappa shape index (κ2) is 5.50. The Morgan fingerprint density at radius 2 is 1.87 bits per heavy atom. The van der Waals surface area contributed by atoms with Gasteiger partial charge in [0.05, 0.1) is 6.54 Å². The largest absolute Gasteiger partial charge is 0.480 e. The van der Waals surface area contributed by atoms with Gasteiger partial charge < -0.3 is 5.11 Å². The molecular weight excluding hydrogens is 190 g/mol. The lowest BCUT2D eigenvalue weighted by atomic mass is 10.0. The van der Waals surface area contributed by atoms with Crippen LogP contribution >= 0.6 is 0 Å². The van der Waals surface area contributed by atoms with E-state index in [9.17, 15) is 4.79 Å². The first-order valence-corrected chi connectivity index (χ1v) is 6.00. The van der Waals surface area contributed by atoms with Crippen molar-refractivity contribution >= 4 is 5.97 Å². The van der Waals surface area contributed by atoms with Crippen molar-refractivity contribution in [2.45, 2.75) is 58.5 Å². The molecule has 3 nitrogen and oxygen atoms in total. The minimum absolute atomic E-state index is 0.198. The van der Waals surface area contributed by atoms with Crippen LogP contribution < -0.4 is 0 Å². The van der Waals surface area contributed by atoms with Gasteiger partial charge in [-0.25, -0.2) is 0 Å². The number of nitrogens with zero attached hydrogens (tertiary/aromatic N) is 1. The number of aliphatic carboxylic acids is 1. The summed E-state index contributed by atoms with van der Waals surface area (Å²) in [6, 6.07) is 0.864. The van der Waals surface area contributed by atoms with Gasteiger partial charge in [0.15, 0.2) is 0 Å². The van der Waals surface area contributed by atoms with E-state index in [0.717, 1.165) is 0 Å². The Labute approximate surface area is 92.5 Å². The van der Waals surface area contributed by atoms with Gasteiger partial charge in [0.2, 0.25) is 0 Å². The Bertz CT molecular complexity index is 208. The van der Waals surface area contributed by atoms with Gasteiger partial charge in [0.25, 0.3) is 0 Å². The normalized spacial score (nSPS) is 20.1. The van der Waals surface area contributed by atoms with E-state index < -0.39 is 5.97 Å². The summed E-state index contributed by atoms with van der Waals surface area (Å²) in [5, 5.41) is 8.93. The second-order valence-corrected chi connectivity index (χ2v) is 4.99. The molecule has 0 saturated heterocycles. The van der Waals surface area contributed by atoms with Gasteiger partial charge in [-0.15, -0.1) is 0 Å². The van der Waals surface area contributed by atoms with Crippen LogP contribution in [0.4, 0.5) is 0 Å². The summed E-state index contributed by atoms with van der Waals surface area (Å²) >= 11 is 0. The topological polar surface area (TPSA) is 40.5 Å². The van der Waals surface area contributed by atoms with E-state index in [0.29, 0.717) is 18.0 Å². The average molecular weight is 213 g/mol. The first kappa shape index (κ1) is 12.5. The van der Waals surface area contributed by atoms with Gasteiger partial charge in [-0.3, -0.25) is 9.69 Å². The van der Waals surface area contributed by atoms with E-state index in [1.165, 1.54) is 25.7 Å². The Morgan fingerprint density at radius 1 is 1.33 bits per heavy atom. The van der Waals surface area contributed by atoms with E-state index in [-0.39, 0.29) is 6.54 Å². The molecule has 1 rings (SSSR count). The summed E-state index contributed by atoms with van der Waals surface area (Å²) in [6.45, 7) is 6.67. The van der Waals surface area contributed by atoms with Crippen LogP contribution in [0.3, 0.4) is 0 Å². The highest BCUT2D eigenvalue weighted by molar-refractivity contribution is 5.69. The average Bonchev–Trinajstić information content (AvgIpc) is 2.65. The van der Waals surface area contributed by atoms with Crippen molar-refractivity contribution in [1.29, 1.82) is 0 Å². The van der Waals surface area contributed by atoms with Crippen LogP contribution in [0.1, 0.15) is 46.5 Å². The molecule has 0 aliphatic heterocycles. The number of hydrogen-bond acceptors (Lipinski definition) is 2. The lowest BCUT2D eigenvalue weighted by molar-refractivity contribution is -0.139. The highest BCUT2D eigenvalue weighted by Crippen LogP contribution is 2.26. The standard InChI is InChI=1S/C12H23NO2/c1-9(2)10(3)13(8-12(14)15)11-6-4-5-7-11/h9-11H,4-8H2,1-3H3,(H,14,15). The fraction of sp³-hybridized carbons (Fsp3) is 0.917. The summed E-state index contributed by atoms with van der Waals surface area (Å²) < 4.78 is 0. The first-order chi connectivity index (χ1) is 7.02. The lowest BCUT2D eigenvalue weighted by Gasteiger charge is -2.35. The van der Waals surface area contributed by atoms with E-state index in [1.54, 1.807) is 0 Å². The minimum atomic E-state index is -0.700. The molecule has 15 heavy (non-hydrogen) atoms. The molecule has 0 amide bonds. The molecule has 1 saturated carbocycles. The van der Waals surface area contributed by atoms with Crippen LogP contribution in [0.2, 0.25) is 0 Å². The molecule has 1 aliphatic rings. The number of carboxylic acid groups (broad SMARTS) is 1. The van der Waals surface area contributed by atoms with E-state index in [4.69, 9.17) is 5.11 Å². The van der Waals surface area contributed by atoms with Gasteiger partial charge in [-0.1, -0.05) is 26.7 Å². The maximum Gasteiger partial charge on any atom is 0.317 e. The molecule has 0 radical (unpaired) electrons. The van der Waals surface area contributed by atoms with Crippen molar-refractivity contribution in [3.63, 3.8) is 0 Å². The minimum Gasteiger partial charge on any atom is -0.480 e. The van der Waals surface area contributed by atoms with Crippen LogP contribution in [0.25, 0.3) is 0 Å². The fourth-order valence-electron chi connectivity index (χ4n) is 2.38. The van der Waals surface area contributed by atoms with Gasteiger partial charge >= 0.3 is 5.97 Å².